The van der Waals surface area contributed by atoms with Gasteiger partial charge in [0.2, 0.25) is 0 Å². The van der Waals surface area contributed by atoms with E-state index >= 15 is 0 Å². The molecule has 0 unspecified atom stereocenters. The van der Waals surface area contributed by atoms with Gasteiger partial charge in [-0.05, 0) is 35.4 Å². The Morgan fingerprint density at radius 2 is 1.47 bits per heavy atom. The number of benzene rings is 1. The van der Waals surface area contributed by atoms with Crippen LogP contribution in [0.15, 0.2) is 48.8 Å². The van der Waals surface area contributed by atoms with Gasteiger partial charge in [-0.1, -0.05) is 23.7 Å². The van der Waals surface area contributed by atoms with Crippen molar-refractivity contribution in [3.8, 4) is 0 Å². The minimum atomic E-state index is -0.120. The van der Waals surface area contributed by atoms with Crippen LogP contribution in [0.4, 0.5) is 0 Å². The highest BCUT2D eigenvalue weighted by Crippen LogP contribution is 2.20. The summed E-state index contributed by atoms with van der Waals surface area (Å²) in [5.41, 5.74) is 8.19. The SMILES string of the molecule is N[C@H](c1ccncc1)c1ccc(Cl)cc1. The third-order valence-electron chi connectivity index (χ3n) is 2.29. The average molecular weight is 219 g/mol. The minimum Gasteiger partial charge on any atom is -0.320 e. The number of nitrogens with zero attached hydrogens (tertiary/aromatic N) is 1. The van der Waals surface area contributed by atoms with Crippen molar-refractivity contribution in [3.63, 3.8) is 0 Å². The molecule has 0 spiro atoms. The van der Waals surface area contributed by atoms with Crippen LogP contribution in [0.3, 0.4) is 0 Å². The Morgan fingerprint density at radius 1 is 0.933 bits per heavy atom. The van der Waals surface area contributed by atoms with Crippen molar-refractivity contribution in [3.05, 3.63) is 64.9 Å². The van der Waals surface area contributed by atoms with Crippen LogP contribution in [0.1, 0.15) is 17.2 Å². The van der Waals surface area contributed by atoms with Crippen LogP contribution in [0.2, 0.25) is 5.02 Å². The molecular formula is C12H11ClN2. The first-order chi connectivity index (χ1) is 7.27. The third kappa shape index (κ3) is 2.35. The maximum absolute atomic E-state index is 6.10. The lowest BCUT2D eigenvalue weighted by Crippen LogP contribution is -2.11. The van der Waals surface area contributed by atoms with Gasteiger partial charge < -0.3 is 5.73 Å². The Kier molecular flexibility index (Phi) is 2.99. The molecule has 2 rings (SSSR count). The van der Waals surface area contributed by atoms with Crippen molar-refractivity contribution in [1.82, 2.24) is 4.98 Å². The molecule has 0 aliphatic rings. The van der Waals surface area contributed by atoms with Crippen molar-refractivity contribution < 1.29 is 0 Å². The second kappa shape index (κ2) is 4.43. The predicted octanol–water partition coefficient (Wildman–Crippen LogP) is 2.78. The molecule has 3 heteroatoms. The largest absolute Gasteiger partial charge is 0.320 e. The first-order valence-corrected chi connectivity index (χ1v) is 5.06. The van der Waals surface area contributed by atoms with E-state index in [4.69, 9.17) is 17.3 Å². The number of rotatable bonds is 2. The summed E-state index contributed by atoms with van der Waals surface area (Å²) in [5.74, 6) is 0. The first kappa shape index (κ1) is 10.1. The van der Waals surface area contributed by atoms with Crippen molar-refractivity contribution in [2.24, 2.45) is 5.73 Å². The van der Waals surface area contributed by atoms with Crippen molar-refractivity contribution in [2.45, 2.75) is 6.04 Å². The van der Waals surface area contributed by atoms with Gasteiger partial charge in [-0.25, -0.2) is 0 Å². The Bertz CT molecular complexity index is 425. The molecule has 2 nitrogen and oxygen atoms in total. The van der Waals surface area contributed by atoms with E-state index in [9.17, 15) is 0 Å². The number of hydrogen-bond donors (Lipinski definition) is 1. The molecular weight excluding hydrogens is 208 g/mol. The Balaban J connectivity index is 2.29. The van der Waals surface area contributed by atoms with Crippen LogP contribution in [-0.2, 0) is 0 Å². The highest BCUT2D eigenvalue weighted by molar-refractivity contribution is 6.30. The smallest absolute Gasteiger partial charge is 0.0552 e. The summed E-state index contributed by atoms with van der Waals surface area (Å²) in [7, 11) is 0. The van der Waals surface area contributed by atoms with Gasteiger partial charge >= 0.3 is 0 Å². The summed E-state index contributed by atoms with van der Waals surface area (Å²) < 4.78 is 0. The van der Waals surface area contributed by atoms with Gasteiger partial charge in [-0.2, -0.15) is 0 Å². The molecule has 0 fully saturated rings. The van der Waals surface area contributed by atoms with Crippen molar-refractivity contribution >= 4 is 11.6 Å². The molecule has 2 aromatic rings. The van der Waals surface area contributed by atoms with E-state index in [1.165, 1.54) is 0 Å². The van der Waals surface area contributed by atoms with Gasteiger partial charge in [0.1, 0.15) is 0 Å². The van der Waals surface area contributed by atoms with E-state index in [1.54, 1.807) is 12.4 Å². The second-order valence-corrected chi connectivity index (χ2v) is 3.75. The maximum Gasteiger partial charge on any atom is 0.0552 e. The monoisotopic (exact) mass is 218 g/mol. The molecule has 0 saturated heterocycles. The van der Waals surface area contributed by atoms with Gasteiger partial charge in [-0.3, -0.25) is 4.98 Å². The maximum atomic E-state index is 6.10. The molecule has 0 bridgehead atoms. The number of halogens is 1. The van der Waals surface area contributed by atoms with E-state index in [0.717, 1.165) is 16.1 Å². The lowest BCUT2D eigenvalue weighted by atomic mass is 10.0. The normalized spacial score (nSPS) is 12.4. The van der Waals surface area contributed by atoms with Crippen molar-refractivity contribution in [2.75, 3.05) is 0 Å². The van der Waals surface area contributed by atoms with E-state index in [1.807, 2.05) is 36.4 Å². The molecule has 76 valence electrons. The van der Waals surface area contributed by atoms with Crippen LogP contribution < -0.4 is 5.73 Å². The lowest BCUT2D eigenvalue weighted by molar-refractivity contribution is 0.868. The average Bonchev–Trinajstić information content (AvgIpc) is 2.30. The van der Waals surface area contributed by atoms with Crippen LogP contribution in [0.5, 0.6) is 0 Å². The zero-order valence-corrected chi connectivity index (χ0v) is 8.85. The summed E-state index contributed by atoms with van der Waals surface area (Å²) in [6, 6.07) is 11.3. The molecule has 1 aromatic heterocycles. The fourth-order valence-electron chi connectivity index (χ4n) is 1.43. The molecule has 1 atom stereocenters. The zero-order valence-electron chi connectivity index (χ0n) is 8.10. The Hall–Kier alpha value is -1.38. The summed E-state index contributed by atoms with van der Waals surface area (Å²) in [6.07, 6.45) is 3.48. The minimum absolute atomic E-state index is 0.120. The fourth-order valence-corrected chi connectivity index (χ4v) is 1.56. The van der Waals surface area contributed by atoms with Gasteiger partial charge in [0, 0.05) is 17.4 Å². The zero-order chi connectivity index (χ0) is 10.7. The number of hydrogen-bond acceptors (Lipinski definition) is 2. The molecule has 0 amide bonds. The second-order valence-electron chi connectivity index (χ2n) is 3.31. The molecule has 0 saturated carbocycles. The number of aromatic nitrogens is 1. The molecule has 1 heterocycles. The standard InChI is InChI=1S/C12H11ClN2/c13-11-3-1-9(2-4-11)12(14)10-5-7-15-8-6-10/h1-8,12H,14H2/t12-/m0/s1. The van der Waals surface area contributed by atoms with Crippen LogP contribution in [0, 0.1) is 0 Å². The quantitative estimate of drug-likeness (QED) is 0.842. The van der Waals surface area contributed by atoms with E-state index in [-0.39, 0.29) is 6.04 Å². The summed E-state index contributed by atoms with van der Waals surface area (Å²) in [5, 5.41) is 0.723. The molecule has 0 aliphatic carbocycles. The van der Waals surface area contributed by atoms with E-state index in [0.29, 0.717) is 0 Å². The topological polar surface area (TPSA) is 38.9 Å². The van der Waals surface area contributed by atoms with Crippen LogP contribution >= 0.6 is 11.6 Å². The Labute approximate surface area is 93.7 Å². The Morgan fingerprint density at radius 3 is 2.07 bits per heavy atom. The van der Waals surface area contributed by atoms with Gasteiger partial charge in [0.25, 0.3) is 0 Å². The van der Waals surface area contributed by atoms with Crippen LogP contribution in [0.25, 0.3) is 0 Å². The molecule has 15 heavy (non-hydrogen) atoms. The molecule has 2 N–H and O–H groups in total. The summed E-state index contributed by atoms with van der Waals surface area (Å²) in [4.78, 5) is 3.96. The van der Waals surface area contributed by atoms with Gasteiger partial charge in [0.15, 0.2) is 0 Å². The van der Waals surface area contributed by atoms with Crippen LogP contribution in [-0.4, -0.2) is 4.98 Å². The van der Waals surface area contributed by atoms with Gasteiger partial charge in [-0.15, -0.1) is 0 Å². The molecule has 0 radical (unpaired) electrons. The van der Waals surface area contributed by atoms with Gasteiger partial charge in [0.05, 0.1) is 6.04 Å². The number of nitrogens with two attached hydrogens (primary N) is 1. The molecule has 1 aromatic carbocycles. The third-order valence-corrected chi connectivity index (χ3v) is 2.55. The van der Waals surface area contributed by atoms with E-state index < -0.39 is 0 Å². The summed E-state index contributed by atoms with van der Waals surface area (Å²) >= 11 is 5.81. The van der Waals surface area contributed by atoms with Crippen molar-refractivity contribution in [1.29, 1.82) is 0 Å². The first-order valence-electron chi connectivity index (χ1n) is 4.68. The molecule has 0 aliphatic heterocycles. The highest BCUT2D eigenvalue weighted by Gasteiger charge is 2.07. The highest BCUT2D eigenvalue weighted by atomic mass is 35.5. The number of pyridine rings is 1. The predicted molar refractivity (Wildman–Crippen MR) is 61.7 cm³/mol. The lowest BCUT2D eigenvalue weighted by Gasteiger charge is -2.11. The van der Waals surface area contributed by atoms with E-state index in [2.05, 4.69) is 4.98 Å². The summed E-state index contributed by atoms with van der Waals surface area (Å²) in [6.45, 7) is 0. The fraction of sp³-hybridized carbons (Fsp3) is 0.0833.